The molecule has 0 heterocycles. The van der Waals surface area contributed by atoms with Gasteiger partial charge in [0.25, 0.3) is 10.0 Å². The fourth-order valence-corrected chi connectivity index (χ4v) is 2.96. The predicted octanol–water partition coefficient (Wildman–Crippen LogP) is 2.59. The smallest absolute Gasteiger partial charge is 0.262 e. The Hall–Kier alpha value is -2.61. The lowest BCUT2D eigenvalue weighted by atomic mass is 10.3. The molecule has 0 aliphatic heterocycles. The summed E-state index contributed by atoms with van der Waals surface area (Å²) in [5.41, 5.74) is 0.458. The van der Waals surface area contributed by atoms with Crippen LogP contribution >= 0.6 is 0 Å². The summed E-state index contributed by atoms with van der Waals surface area (Å²) in [6, 6.07) is 9.11. The van der Waals surface area contributed by atoms with Gasteiger partial charge in [0.2, 0.25) is 5.91 Å². The number of halogens is 1. The molecule has 122 valence electrons. The maximum Gasteiger partial charge on any atom is 0.262 e. The monoisotopic (exact) mass is 338 g/mol. The van der Waals surface area contributed by atoms with Crippen molar-refractivity contribution in [3.8, 4) is 5.75 Å². The number of ether oxygens (including phenoxy) is 1. The van der Waals surface area contributed by atoms with Crippen molar-refractivity contribution in [2.45, 2.75) is 11.8 Å². The van der Waals surface area contributed by atoms with E-state index in [1.165, 1.54) is 50.4 Å². The SMILES string of the molecule is COc1cc(S(=O)(=O)Nc2cccc(F)c2)ccc1NC(C)=O. The van der Waals surface area contributed by atoms with Crippen LogP contribution < -0.4 is 14.8 Å². The highest BCUT2D eigenvalue weighted by Crippen LogP contribution is 2.28. The molecule has 1 amide bonds. The van der Waals surface area contributed by atoms with E-state index in [4.69, 9.17) is 4.74 Å². The summed E-state index contributed by atoms with van der Waals surface area (Å²) >= 11 is 0. The molecular weight excluding hydrogens is 323 g/mol. The molecule has 2 aromatic rings. The van der Waals surface area contributed by atoms with Crippen LogP contribution in [0.15, 0.2) is 47.4 Å². The molecule has 23 heavy (non-hydrogen) atoms. The van der Waals surface area contributed by atoms with Crippen LogP contribution in [0, 0.1) is 5.82 Å². The second-order valence-electron chi connectivity index (χ2n) is 4.66. The van der Waals surface area contributed by atoms with Crippen LogP contribution in [-0.4, -0.2) is 21.4 Å². The first-order valence-electron chi connectivity index (χ1n) is 6.56. The van der Waals surface area contributed by atoms with E-state index in [-0.39, 0.29) is 22.2 Å². The fourth-order valence-electron chi connectivity index (χ4n) is 1.90. The van der Waals surface area contributed by atoms with Crippen LogP contribution in [-0.2, 0) is 14.8 Å². The van der Waals surface area contributed by atoms with Gasteiger partial charge < -0.3 is 10.1 Å². The summed E-state index contributed by atoms with van der Waals surface area (Å²) in [5.74, 6) is -0.664. The Labute approximate surface area is 133 Å². The van der Waals surface area contributed by atoms with E-state index in [2.05, 4.69) is 10.0 Å². The lowest BCUT2D eigenvalue weighted by molar-refractivity contribution is -0.114. The molecule has 0 atom stereocenters. The second kappa shape index (κ2) is 6.66. The summed E-state index contributed by atoms with van der Waals surface area (Å²) in [4.78, 5) is 11.0. The number of hydrogen-bond acceptors (Lipinski definition) is 4. The van der Waals surface area contributed by atoms with Gasteiger partial charge in [-0.05, 0) is 30.3 Å². The molecule has 2 aromatic carbocycles. The normalized spacial score (nSPS) is 10.9. The summed E-state index contributed by atoms with van der Waals surface area (Å²) in [6.45, 7) is 1.33. The average Bonchev–Trinajstić information content (AvgIpc) is 2.46. The zero-order valence-electron chi connectivity index (χ0n) is 12.5. The molecule has 2 rings (SSSR count). The average molecular weight is 338 g/mol. The van der Waals surface area contributed by atoms with Crippen LogP contribution in [0.4, 0.5) is 15.8 Å². The van der Waals surface area contributed by atoms with Gasteiger partial charge in [-0.1, -0.05) is 6.07 Å². The van der Waals surface area contributed by atoms with Crippen LogP contribution in [0.3, 0.4) is 0 Å². The molecule has 0 aliphatic carbocycles. The van der Waals surface area contributed by atoms with Gasteiger partial charge in [0.15, 0.2) is 0 Å². The number of rotatable bonds is 5. The quantitative estimate of drug-likeness (QED) is 0.877. The molecule has 0 spiro atoms. The van der Waals surface area contributed by atoms with Crippen molar-refractivity contribution < 1.29 is 22.3 Å². The summed E-state index contributed by atoms with van der Waals surface area (Å²) in [5, 5.41) is 2.53. The van der Waals surface area contributed by atoms with E-state index in [9.17, 15) is 17.6 Å². The number of benzene rings is 2. The van der Waals surface area contributed by atoms with Gasteiger partial charge in [-0.3, -0.25) is 9.52 Å². The first kappa shape index (κ1) is 16.8. The zero-order valence-corrected chi connectivity index (χ0v) is 13.3. The standard InChI is InChI=1S/C15H15FN2O4S/c1-10(19)17-14-7-6-13(9-15(14)22-2)23(20,21)18-12-5-3-4-11(16)8-12/h3-9,18H,1-2H3,(H,17,19). The van der Waals surface area contributed by atoms with E-state index in [0.717, 1.165) is 6.07 Å². The Morgan fingerprint density at radius 2 is 1.91 bits per heavy atom. The molecule has 0 fully saturated rings. The van der Waals surface area contributed by atoms with E-state index < -0.39 is 15.8 Å². The summed E-state index contributed by atoms with van der Waals surface area (Å²) < 4.78 is 45.2. The Morgan fingerprint density at radius 1 is 1.17 bits per heavy atom. The molecule has 0 radical (unpaired) electrons. The van der Waals surface area contributed by atoms with Gasteiger partial charge in [-0.15, -0.1) is 0 Å². The minimum atomic E-state index is -3.92. The highest BCUT2D eigenvalue weighted by molar-refractivity contribution is 7.92. The Kier molecular flexibility index (Phi) is 4.85. The number of carbonyl (C=O) groups excluding carboxylic acids is 1. The lowest BCUT2D eigenvalue weighted by Crippen LogP contribution is -2.14. The van der Waals surface area contributed by atoms with Gasteiger partial charge >= 0.3 is 0 Å². The third-order valence-corrected chi connectivity index (χ3v) is 4.25. The Balaban J connectivity index is 2.34. The minimum Gasteiger partial charge on any atom is -0.495 e. The number of nitrogens with one attached hydrogen (secondary N) is 2. The lowest BCUT2D eigenvalue weighted by Gasteiger charge is -2.12. The molecule has 0 saturated heterocycles. The molecule has 0 bridgehead atoms. The topological polar surface area (TPSA) is 84.5 Å². The van der Waals surface area contributed by atoms with Gasteiger partial charge in [-0.25, -0.2) is 12.8 Å². The first-order valence-corrected chi connectivity index (χ1v) is 8.04. The van der Waals surface area contributed by atoms with Crippen molar-refractivity contribution in [3.05, 3.63) is 48.3 Å². The molecule has 8 heteroatoms. The van der Waals surface area contributed by atoms with Crippen molar-refractivity contribution in [1.29, 1.82) is 0 Å². The summed E-state index contributed by atoms with van der Waals surface area (Å²) in [7, 11) is -2.56. The zero-order chi connectivity index (χ0) is 17.0. The third-order valence-electron chi connectivity index (χ3n) is 2.87. The highest BCUT2D eigenvalue weighted by Gasteiger charge is 2.17. The number of hydrogen-bond donors (Lipinski definition) is 2. The van der Waals surface area contributed by atoms with Crippen LogP contribution in [0.1, 0.15) is 6.92 Å². The third kappa shape index (κ3) is 4.19. The Morgan fingerprint density at radius 3 is 2.52 bits per heavy atom. The van der Waals surface area contributed by atoms with Gasteiger partial charge in [0.1, 0.15) is 11.6 Å². The Bertz CT molecular complexity index is 837. The van der Waals surface area contributed by atoms with E-state index in [1.807, 2.05) is 0 Å². The number of anilines is 2. The predicted molar refractivity (Wildman–Crippen MR) is 84.5 cm³/mol. The van der Waals surface area contributed by atoms with Crippen molar-refractivity contribution >= 4 is 27.3 Å². The maximum absolute atomic E-state index is 13.1. The number of methoxy groups -OCH3 is 1. The highest BCUT2D eigenvalue weighted by atomic mass is 32.2. The fraction of sp³-hybridized carbons (Fsp3) is 0.133. The number of sulfonamides is 1. The van der Waals surface area contributed by atoms with E-state index in [1.54, 1.807) is 0 Å². The molecule has 6 nitrogen and oxygen atoms in total. The van der Waals surface area contributed by atoms with Crippen LogP contribution in [0.5, 0.6) is 5.75 Å². The van der Waals surface area contributed by atoms with Gasteiger partial charge in [0.05, 0.1) is 23.4 Å². The molecule has 2 N–H and O–H groups in total. The molecular formula is C15H15FN2O4S. The van der Waals surface area contributed by atoms with Crippen LogP contribution in [0.2, 0.25) is 0 Å². The minimum absolute atomic E-state index is 0.0762. The van der Waals surface area contributed by atoms with Crippen molar-refractivity contribution in [2.75, 3.05) is 17.1 Å². The molecule has 0 unspecified atom stereocenters. The van der Waals surface area contributed by atoms with Crippen molar-refractivity contribution in [3.63, 3.8) is 0 Å². The number of carbonyl (C=O) groups is 1. The van der Waals surface area contributed by atoms with Crippen LogP contribution in [0.25, 0.3) is 0 Å². The summed E-state index contributed by atoms with van der Waals surface area (Å²) in [6.07, 6.45) is 0. The number of amides is 1. The van der Waals surface area contributed by atoms with E-state index >= 15 is 0 Å². The van der Waals surface area contributed by atoms with Gasteiger partial charge in [0, 0.05) is 13.0 Å². The second-order valence-corrected chi connectivity index (χ2v) is 6.34. The molecule has 0 saturated carbocycles. The maximum atomic E-state index is 13.1. The van der Waals surface area contributed by atoms with E-state index in [0.29, 0.717) is 5.69 Å². The molecule has 0 aromatic heterocycles. The largest absolute Gasteiger partial charge is 0.495 e. The first-order chi connectivity index (χ1) is 10.8. The van der Waals surface area contributed by atoms with Crippen molar-refractivity contribution in [1.82, 2.24) is 0 Å². The van der Waals surface area contributed by atoms with Crippen molar-refractivity contribution in [2.24, 2.45) is 0 Å². The molecule has 0 aliphatic rings. The van der Waals surface area contributed by atoms with Gasteiger partial charge in [-0.2, -0.15) is 0 Å².